The number of carbonyl (C=O) groups excluding carboxylic acids is 1. The minimum absolute atomic E-state index is 0.129. The quantitative estimate of drug-likeness (QED) is 0.236. The number of aromatic nitrogens is 1. The van der Waals surface area contributed by atoms with Gasteiger partial charge in [-0.15, -0.1) is 0 Å². The minimum atomic E-state index is -0.985. The summed E-state index contributed by atoms with van der Waals surface area (Å²) in [6.07, 6.45) is 1.99. The summed E-state index contributed by atoms with van der Waals surface area (Å²) < 4.78 is 11.0. The third kappa shape index (κ3) is 7.00. The zero-order valence-corrected chi connectivity index (χ0v) is 22.6. The molecule has 2 N–H and O–H groups in total. The van der Waals surface area contributed by atoms with Gasteiger partial charge in [0.15, 0.2) is 6.10 Å². The summed E-state index contributed by atoms with van der Waals surface area (Å²) in [7, 11) is 0. The first kappa shape index (κ1) is 27.8. The van der Waals surface area contributed by atoms with Crippen molar-refractivity contribution in [1.82, 2.24) is 10.3 Å². The van der Waals surface area contributed by atoms with E-state index in [2.05, 4.69) is 17.2 Å². The predicted molar refractivity (Wildman–Crippen MR) is 152 cm³/mol. The van der Waals surface area contributed by atoms with E-state index in [1.54, 1.807) is 13.1 Å². The number of carboxylic acid groups (broad SMARTS) is 1. The van der Waals surface area contributed by atoms with Crippen molar-refractivity contribution in [3.63, 3.8) is 0 Å². The van der Waals surface area contributed by atoms with Crippen molar-refractivity contribution < 1.29 is 24.2 Å². The lowest BCUT2D eigenvalue weighted by Crippen LogP contribution is -2.26. The zero-order valence-electron chi connectivity index (χ0n) is 22.6. The molecular formula is C32H34N2O5. The third-order valence-corrected chi connectivity index (χ3v) is 6.54. The molecule has 7 heteroatoms. The standard InChI is InChI=1S/C32H34N2O5/c1-4-15-39-26-11-13-27-21(3)28(12-10-24(27)18-26)31(35)34-20-22-7-6-8-25(16-22)29-14-9-23(19-33-29)17-30(32(36)37)38-5-2/h6-14,16,18-19,30H,4-5,15,17,20H2,1-3H3,(H,34,35)(H,36,37)/t30-/m0/s1. The summed E-state index contributed by atoms with van der Waals surface area (Å²) in [5.41, 5.74) is 4.99. The molecule has 0 aliphatic rings. The Morgan fingerprint density at radius 3 is 2.56 bits per heavy atom. The number of fused-ring (bicyclic) bond motifs is 1. The maximum Gasteiger partial charge on any atom is 0.333 e. The summed E-state index contributed by atoms with van der Waals surface area (Å²) >= 11 is 0. The van der Waals surface area contributed by atoms with Crippen LogP contribution in [0.4, 0.5) is 0 Å². The number of amides is 1. The number of aliphatic carboxylic acids is 1. The van der Waals surface area contributed by atoms with Crippen LogP contribution in [0.1, 0.15) is 47.3 Å². The average molecular weight is 527 g/mol. The van der Waals surface area contributed by atoms with E-state index in [0.29, 0.717) is 25.3 Å². The van der Waals surface area contributed by atoms with E-state index < -0.39 is 12.1 Å². The SMILES string of the molecule is CCCOc1ccc2c(C)c(C(=O)NCc3cccc(-c4ccc(C[C@H](OCC)C(=O)O)cn4)c3)ccc2c1. The number of benzene rings is 3. The van der Waals surface area contributed by atoms with E-state index in [4.69, 9.17) is 9.47 Å². The molecule has 1 aromatic heterocycles. The molecule has 0 radical (unpaired) electrons. The van der Waals surface area contributed by atoms with Gasteiger partial charge in [0.25, 0.3) is 5.91 Å². The van der Waals surface area contributed by atoms with Crippen molar-refractivity contribution in [2.24, 2.45) is 0 Å². The molecule has 202 valence electrons. The van der Waals surface area contributed by atoms with Gasteiger partial charge in [-0.05, 0) is 78.1 Å². The van der Waals surface area contributed by atoms with Crippen LogP contribution < -0.4 is 10.1 Å². The highest BCUT2D eigenvalue weighted by Crippen LogP contribution is 2.26. The number of aryl methyl sites for hydroxylation is 1. The van der Waals surface area contributed by atoms with Gasteiger partial charge in [0, 0.05) is 36.9 Å². The molecule has 1 heterocycles. The van der Waals surface area contributed by atoms with Gasteiger partial charge in [0.2, 0.25) is 0 Å². The van der Waals surface area contributed by atoms with Crippen molar-refractivity contribution in [1.29, 1.82) is 0 Å². The lowest BCUT2D eigenvalue weighted by molar-refractivity contribution is -0.149. The summed E-state index contributed by atoms with van der Waals surface area (Å²) in [6.45, 7) is 7.20. The Bertz CT molecular complexity index is 1450. The van der Waals surface area contributed by atoms with Gasteiger partial charge in [-0.25, -0.2) is 4.79 Å². The topological polar surface area (TPSA) is 97.8 Å². The van der Waals surface area contributed by atoms with Crippen LogP contribution in [-0.4, -0.2) is 41.3 Å². The largest absolute Gasteiger partial charge is 0.494 e. The lowest BCUT2D eigenvalue weighted by atomic mass is 9.99. The van der Waals surface area contributed by atoms with Gasteiger partial charge >= 0.3 is 5.97 Å². The van der Waals surface area contributed by atoms with Gasteiger partial charge in [0.1, 0.15) is 5.75 Å². The fraction of sp³-hybridized carbons (Fsp3) is 0.281. The summed E-state index contributed by atoms with van der Waals surface area (Å²) in [6, 6.07) is 21.4. The van der Waals surface area contributed by atoms with Crippen molar-refractivity contribution in [3.05, 3.63) is 95.2 Å². The normalized spacial score (nSPS) is 11.8. The Hall–Kier alpha value is -4.23. The van der Waals surface area contributed by atoms with Gasteiger partial charge in [-0.3, -0.25) is 9.78 Å². The predicted octanol–water partition coefficient (Wildman–Crippen LogP) is 5.96. The number of hydrogen-bond acceptors (Lipinski definition) is 5. The first-order chi connectivity index (χ1) is 18.9. The molecule has 4 rings (SSSR count). The molecule has 0 aliphatic carbocycles. The first-order valence-electron chi connectivity index (χ1n) is 13.2. The molecule has 0 unspecified atom stereocenters. The fourth-order valence-corrected chi connectivity index (χ4v) is 4.49. The van der Waals surface area contributed by atoms with E-state index in [1.165, 1.54) is 0 Å². The number of nitrogens with one attached hydrogen (secondary N) is 1. The van der Waals surface area contributed by atoms with Crippen LogP contribution in [-0.2, 0) is 22.5 Å². The van der Waals surface area contributed by atoms with E-state index in [1.807, 2.05) is 73.7 Å². The Balaban J connectivity index is 1.42. The molecule has 0 spiro atoms. The van der Waals surface area contributed by atoms with Crippen molar-refractivity contribution >= 4 is 22.6 Å². The maximum atomic E-state index is 13.1. The number of pyridine rings is 1. The zero-order chi connectivity index (χ0) is 27.8. The van der Waals surface area contributed by atoms with Crippen molar-refractivity contribution in [2.75, 3.05) is 13.2 Å². The fourth-order valence-electron chi connectivity index (χ4n) is 4.49. The van der Waals surface area contributed by atoms with E-state index in [0.717, 1.165) is 50.9 Å². The number of rotatable bonds is 12. The van der Waals surface area contributed by atoms with Crippen LogP contribution in [0.15, 0.2) is 72.9 Å². The van der Waals surface area contributed by atoms with Crippen LogP contribution in [0.5, 0.6) is 5.75 Å². The highest BCUT2D eigenvalue weighted by Gasteiger charge is 2.18. The van der Waals surface area contributed by atoms with Gasteiger partial charge < -0.3 is 19.9 Å². The minimum Gasteiger partial charge on any atom is -0.494 e. The summed E-state index contributed by atoms with van der Waals surface area (Å²) in [5, 5.41) is 14.4. The molecule has 39 heavy (non-hydrogen) atoms. The molecule has 0 fully saturated rings. The average Bonchev–Trinajstić information content (AvgIpc) is 2.95. The highest BCUT2D eigenvalue weighted by atomic mass is 16.5. The van der Waals surface area contributed by atoms with Crippen LogP contribution in [0.2, 0.25) is 0 Å². The molecule has 0 bridgehead atoms. The number of ether oxygens (including phenoxy) is 2. The molecule has 3 aromatic carbocycles. The molecule has 0 aliphatic heterocycles. The van der Waals surface area contributed by atoms with E-state index in [-0.39, 0.29) is 12.3 Å². The molecule has 0 saturated carbocycles. The Labute approximate surface area is 228 Å². The molecule has 7 nitrogen and oxygen atoms in total. The number of carboxylic acids is 1. The molecule has 1 amide bonds. The van der Waals surface area contributed by atoms with Crippen LogP contribution in [0, 0.1) is 6.92 Å². The van der Waals surface area contributed by atoms with Crippen molar-refractivity contribution in [3.8, 4) is 17.0 Å². The van der Waals surface area contributed by atoms with Crippen molar-refractivity contribution in [2.45, 2.75) is 46.3 Å². The number of carbonyl (C=O) groups is 2. The summed E-state index contributed by atoms with van der Waals surface area (Å²) in [4.78, 5) is 28.9. The number of nitrogens with zero attached hydrogens (tertiary/aromatic N) is 1. The number of hydrogen-bond donors (Lipinski definition) is 2. The van der Waals surface area contributed by atoms with Crippen LogP contribution in [0.25, 0.3) is 22.0 Å². The highest BCUT2D eigenvalue weighted by molar-refractivity contribution is 6.01. The smallest absolute Gasteiger partial charge is 0.333 e. The molecule has 4 aromatic rings. The third-order valence-electron chi connectivity index (χ3n) is 6.54. The second-order valence-corrected chi connectivity index (χ2v) is 9.39. The molecule has 1 atom stereocenters. The Kier molecular flexibility index (Phi) is 9.28. The first-order valence-corrected chi connectivity index (χ1v) is 13.2. The van der Waals surface area contributed by atoms with Crippen LogP contribution >= 0.6 is 0 Å². The van der Waals surface area contributed by atoms with Crippen LogP contribution in [0.3, 0.4) is 0 Å². The van der Waals surface area contributed by atoms with Gasteiger partial charge in [-0.1, -0.05) is 43.3 Å². The maximum absolute atomic E-state index is 13.1. The van der Waals surface area contributed by atoms with E-state index in [9.17, 15) is 14.7 Å². The van der Waals surface area contributed by atoms with Gasteiger partial charge in [0.05, 0.1) is 12.3 Å². The second kappa shape index (κ2) is 13.0. The van der Waals surface area contributed by atoms with E-state index >= 15 is 0 Å². The Morgan fingerprint density at radius 2 is 1.85 bits per heavy atom. The monoisotopic (exact) mass is 526 g/mol. The second-order valence-electron chi connectivity index (χ2n) is 9.39. The Morgan fingerprint density at radius 1 is 1.00 bits per heavy atom. The molecular weight excluding hydrogens is 492 g/mol. The summed E-state index contributed by atoms with van der Waals surface area (Å²) in [5.74, 6) is -0.281. The van der Waals surface area contributed by atoms with Gasteiger partial charge in [-0.2, -0.15) is 0 Å². The molecule has 0 saturated heterocycles. The lowest BCUT2D eigenvalue weighted by Gasteiger charge is -2.13.